The lowest BCUT2D eigenvalue weighted by molar-refractivity contribution is -0.147. The molecule has 3 aromatic carbocycles. The van der Waals surface area contributed by atoms with Gasteiger partial charge in [-0.15, -0.1) is 0 Å². The van der Waals surface area contributed by atoms with Crippen LogP contribution in [0.3, 0.4) is 0 Å². The lowest BCUT2D eigenvalue weighted by atomic mass is 10.00. The molecule has 0 saturated heterocycles. The first-order valence-corrected chi connectivity index (χ1v) is 13.0. The first-order chi connectivity index (χ1) is 19.7. The number of carbonyl (C=O) groups excluding carboxylic acids is 3. The number of alkyl carbamates (subject to hydrolysis) is 1. The van der Waals surface area contributed by atoms with E-state index >= 15 is 4.39 Å². The topological polar surface area (TPSA) is 112 Å². The lowest BCUT2D eigenvalue weighted by Gasteiger charge is -2.19. The van der Waals surface area contributed by atoms with Gasteiger partial charge < -0.3 is 20.1 Å². The van der Waals surface area contributed by atoms with Crippen LogP contribution in [0.1, 0.15) is 32.9 Å². The predicted molar refractivity (Wildman–Crippen MR) is 150 cm³/mol. The number of ether oxygens (including phenoxy) is 2. The number of rotatable bonds is 10. The Morgan fingerprint density at radius 2 is 1.49 bits per heavy atom. The van der Waals surface area contributed by atoms with E-state index in [0.717, 1.165) is 16.8 Å². The molecule has 2 N–H and O–H groups in total. The molecule has 4 rings (SSSR count). The molecular weight excluding hydrogens is 527 g/mol. The Hall–Kier alpha value is -4.99. The maximum absolute atomic E-state index is 15.6. The third-order valence-electron chi connectivity index (χ3n) is 6.50. The van der Waals surface area contributed by atoms with Crippen LogP contribution in [0.25, 0.3) is 11.1 Å². The Labute approximate surface area is 237 Å². The molecule has 0 aliphatic carbocycles. The zero-order valence-corrected chi connectivity index (χ0v) is 23.0. The highest BCUT2D eigenvalue weighted by Gasteiger charge is 2.26. The summed E-state index contributed by atoms with van der Waals surface area (Å²) in [7, 11) is 1.76. The number of halogens is 1. The average Bonchev–Trinajstić information content (AvgIpc) is 3.24. The van der Waals surface area contributed by atoms with Crippen molar-refractivity contribution in [1.29, 1.82) is 0 Å². The van der Waals surface area contributed by atoms with Crippen molar-refractivity contribution in [3.8, 4) is 11.1 Å². The van der Waals surface area contributed by atoms with Crippen molar-refractivity contribution in [2.75, 3.05) is 6.54 Å². The van der Waals surface area contributed by atoms with Crippen molar-refractivity contribution in [2.45, 2.75) is 33.1 Å². The van der Waals surface area contributed by atoms with E-state index in [1.807, 2.05) is 19.1 Å². The standard InChI is InChI=1S/C31H31FN4O5/c1-20-27(21(2)36(3)35-20)24-15-10-16-25(28(24)32)29(37)33-17-26(30(38)40-18-22-11-6-4-7-12-22)34-31(39)41-19-23-13-8-5-9-14-23/h4-16,26H,17-19H2,1-3H3,(H,33,37)(H,34,39)/t26-/m1/s1. The van der Waals surface area contributed by atoms with E-state index < -0.39 is 29.8 Å². The summed E-state index contributed by atoms with van der Waals surface area (Å²) in [6.45, 7) is 3.17. The quantitative estimate of drug-likeness (QED) is 0.275. The monoisotopic (exact) mass is 558 g/mol. The highest BCUT2D eigenvalue weighted by Crippen LogP contribution is 2.30. The number of nitrogens with one attached hydrogen (secondary N) is 2. The van der Waals surface area contributed by atoms with Gasteiger partial charge in [-0.25, -0.2) is 14.0 Å². The number of hydrogen-bond donors (Lipinski definition) is 2. The summed E-state index contributed by atoms with van der Waals surface area (Å²) in [6.07, 6.45) is -0.875. The Kier molecular flexibility index (Phi) is 9.47. The number of aryl methyl sites for hydroxylation is 2. The van der Waals surface area contributed by atoms with Gasteiger partial charge in [0.05, 0.1) is 11.3 Å². The van der Waals surface area contributed by atoms with Crippen LogP contribution in [-0.4, -0.2) is 40.3 Å². The van der Waals surface area contributed by atoms with Gasteiger partial charge in [0.1, 0.15) is 25.1 Å². The van der Waals surface area contributed by atoms with Crippen LogP contribution in [0.4, 0.5) is 9.18 Å². The summed E-state index contributed by atoms with van der Waals surface area (Å²) in [5.41, 5.74) is 3.50. The van der Waals surface area contributed by atoms with E-state index in [-0.39, 0.29) is 30.9 Å². The number of aromatic nitrogens is 2. The molecule has 0 bridgehead atoms. The van der Waals surface area contributed by atoms with Crippen LogP contribution in [0, 0.1) is 19.7 Å². The summed E-state index contributed by atoms with van der Waals surface area (Å²) in [5, 5.41) is 9.31. The van der Waals surface area contributed by atoms with Crippen molar-refractivity contribution in [1.82, 2.24) is 20.4 Å². The van der Waals surface area contributed by atoms with E-state index in [4.69, 9.17) is 9.47 Å². The summed E-state index contributed by atoms with van der Waals surface area (Å²) < 4.78 is 27.8. The van der Waals surface area contributed by atoms with Crippen molar-refractivity contribution >= 4 is 18.0 Å². The number of carbonyl (C=O) groups is 3. The summed E-state index contributed by atoms with van der Waals surface area (Å²) in [6, 6.07) is 21.2. The predicted octanol–water partition coefficient (Wildman–Crippen LogP) is 4.61. The molecule has 10 heteroatoms. The third kappa shape index (κ3) is 7.36. The van der Waals surface area contributed by atoms with Crippen LogP contribution >= 0.6 is 0 Å². The van der Waals surface area contributed by atoms with E-state index in [0.29, 0.717) is 11.3 Å². The number of nitrogens with zero attached hydrogens (tertiary/aromatic N) is 2. The highest BCUT2D eigenvalue weighted by atomic mass is 19.1. The van der Waals surface area contributed by atoms with Gasteiger partial charge in [-0.3, -0.25) is 9.48 Å². The molecule has 1 atom stereocenters. The molecule has 4 aromatic rings. The van der Waals surface area contributed by atoms with Crippen LogP contribution in [0.2, 0.25) is 0 Å². The average molecular weight is 559 g/mol. The molecule has 9 nitrogen and oxygen atoms in total. The van der Waals surface area contributed by atoms with Crippen molar-refractivity contribution in [3.63, 3.8) is 0 Å². The minimum atomic E-state index is -1.29. The van der Waals surface area contributed by atoms with E-state index in [1.54, 1.807) is 79.3 Å². The highest BCUT2D eigenvalue weighted by molar-refractivity contribution is 5.96. The Balaban J connectivity index is 1.46. The third-order valence-corrected chi connectivity index (χ3v) is 6.50. The molecule has 0 unspecified atom stereocenters. The molecule has 41 heavy (non-hydrogen) atoms. The number of benzene rings is 3. The molecule has 2 amide bonds. The van der Waals surface area contributed by atoms with Gasteiger partial charge >= 0.3 is 12.1 Å². The van der Waals surface area contributed by atoms with Gasteiger partial charge in [-0.1, -0.05) is 72.8 Å². The molecule has 212 valence electrons. The second-order valence-electron chi connectivity index (χ2n) is 9.40. The van der Waals surface area contributed by atoms with E-state index in [9.17, 15) is 14.4 Å². The molecule has 0 saturated carbocycles. The Morgan fingerprint density at radius 1 is 0.878 bits per heavy atom. The summed E-state index contributed by atoms with van der Waals surface area (Å²) in [5.74, 6) is -2.27. The number of amides is 2. The van der Waals surface area contributed by atoms with Crippen molar-refractivity contribution in [2.24, 2.45) is 7.05 Å². The number of esters is 1. The van der Waals surface area contributed by atoms with Crippen molar-refractivity contribution in [3.05, 3.63) is 113 Å². The van der Waals surface area contributed by atoms with Gasteiger partial charge in [0.25, 0.3) is 5.91 Å². The zero-order chi connectivity index (χ0) is 29.4. The van der Waals surface area contributed by atoms with E-state index in [1.165, 1.54) is 6.07 Å². The van der Waals surface area contributed by atoms with Gasteiger partial charge in [0.2, 0.25) is 0 Å². The van der Waals surface area contributed by atoms with Gasteiger partial charge in [-0.05, 0) is 31.0 Å². The van der Waals surface area contributed by atoms with Gasteiger partial charge in [0.15, 0.2) is 0 Å². The summed E-state index contributed by atoms with van der Waals surface area (Å²) >= 11 is 0. The molecule has 1 aromatic heterocycles. The fraction of sp³-hybridized carbons (Fsp3) is 0.226. The van der Waals surface area contributed by atoms with Gasteiger partial charge in [0, 0.05) is 30.4 Å². The van der Waals surface area contributed by atoms with Crippen LogP contribution in [0.5, 0.6) is 0 Å². The molecule has 0 aliphatic rings. The van der Waals surface area contributed by atoms with Crippen LogP contribution < -0.4 is 10.6 Å². The zero-order valence-electron chi connectivity index (χ0n) is 23.0. The maximum atomic E-state index is 15.6. The summed E-state index contributed by atoms with van der Waals surface area (Å²) in [4.78, 5) is 38.5. The smallest absolute Gasteiger partial charge is 0.408 e. The second kappa shape index (κ2) is 13.4. The van der Waals surface area contributed by atoms with Crippen LogP contribution in [-0.2, 0) is 34.5 Å². The first kappa shape index (κ1) is 29.0. The molecule has 0 spiro atoms. The second-order valence-corrected chi connectivity index (χ2v) is 9.40. The van der Waals surface area contributed by atoms with E-state index in [2.05, 4.69) is 15.7 Å². The molecule has 1 heterocycles. The fourth-order valence-electron chi connectivity index (χ4n) is 4.28. The SMILES string of the molecule is Cc1nn(C)c(C)c1-c1cccc(C(=O)NC[C@@H](NC(=O)OCc2ccccc2)C(=O)OCc2ccccc2)c1F. The molecular formula is C31H31FN4O5. The fourth-order valence-corrected chi connectivity index (χ4v) is 4.28. The maximum Gasteiger partial charge on any atom is 0.408 e. The Bertz CT molecular complexity index is 1520. The lowest BCUT2D eigenvalue weighted by Crippen LogP contribution is -2.49. The molecule has 0 radical (unpaired) electrons. The van der Waals surface area contributed by atoms with Gasteiger partial charge in [-0.2, -0.15) is 5.10 Å². The minimum Gasteiger partial charge on any atom is -0.459 e. The molecule has 0 aliphatic heterocycles. The Morgan fingerprint density at radius 3 is 2.07 bits per heavy atom. The van der Waals surface area contributed by atoms with Crippen LogP contribution in [0.15, 0.2) is 78.9 Å². The first-order valence-electron chi connectivity index (χ1n) is 13.0. The minimum absolute atomic E-state index is 0.0179. The number of hydrogen-bond acceptors (Lipinski definition) is 6. The van der Waals surface area contributed by atoms with Crippen molar-refractivity contribution < 1.29 is 28.2 Å². The molecule has 0 fully saturated rings. The normalized spacial score (nSPS) is 11.4. The largest absolute Gasteiger partial charge is 0.459 e.